The topological polar surface area (TPSA) is 120 Å². The van der Waals surface area contributed by atoms with E-state index in [2.05, 4.69) is 10.6 Å². The van der Waals surface area contributed by atoms with Gasteiger partial charge in [0.25, 0.3) is 5.91 Å². The van der Waals surface area contributed by atoms with Gasteiger partial charge in [0.2, 0.25) is 0 Å². The van der Waals surface area contributed by atoms with Crippen LogP contribution in [0.5, 0.6) is 0 Å². The van der Waals surface area contributed by atoms with Gasteiger partial charge in [0.15, 0.2) is 0 Å². The molecule has 3 amide bonds. The maximum atomic E-state index is 14.1. The lowest BCUT2D eigenvalue weighted by atomic mass is 9.74. The van der Waals surface area contributed by atoms with Gasteiger partial charge in [-0.15, -0.1) is 0 Å². The Kier molecular flexibility index (Phi) is 10.1. The molecule has 0 spiro atoms. The summed E-state index contributed by atoms with van der Waals surface area (Å²) in [5.41, 5.74) is 0.0342. The molecule has 1 heterocycles. The minimum absolute atomic E-state index is 0.0125. The van der Waals surface area contributed by atoms with E-state index < -0.39 is 70.6 Å². The van der Waals surface area contributed by atoms with E-state index in [1.54, 1.807) is 60.7 Å². The van der Waals surface area contributed by atoms with Crippen LogP contribution in [-0.2, 0) is 43.4 Å². The maximum Gasteiger partial charge on any atom is 0.416 e. The van der Waals surface area contributed by atoms with Crippen LogP contribution in [0.15, 0.2) is 78.9 Å². The molecular formula is C32H31F6N3O5. The fourth-order valence-electron chi connectivity index (χ4n) is 5.15. The Labute approximate surface area is 260 Å². The summed E-state index contributed by atoms with van der Waals surface area (Å²) in [4.78, 5) is 38.8. The van der Waals surface area contributed by atoms with Gasteiger partial charge in [-0.2, -0.15) is 26.3 Å². The highest BCUT2D eigenvalue weighted by Gasteiger charge is 2.50. The number of hydrogen-bond acceptors (Lipinski definition) is 6. The van der Waals surface area contributed by atoms with Crippen molar-refractivity contribution in [1.82, 2.24) is 10.6 Å². The fraction of sp³-hybridized carbons (Fsp3) is 0.344. The summed E-state index contributed by atoms with van der Waals surface area (Å²) >= 11 is 0. The van der Waals surface area contributed by atoms with E-state index in [9.17, 15) is 40.7 Å². The fourth-order valence-corrected chi connectivity index (χ4v) is 5.15. The van der Waals surface area contributed by atoms with Gasteiger partial charge in [0.1, 0.15) is 17.6 Å². The van der Waals surface area contributed by atoms with Crippen molar-refractivity contribution in [3.8, 4) is 0 Å². The quantitative estimate of drug-likeness (QED) is 0.129. The highest BCUT2D eigenvalue weighted by Crippen LogP contribution is 2.40. The predicted octanol–water partition coefficient (Wildman–Crippen LogP) is 5.80. The van der Waals surface area contributed by atoms with Crippen molar-refractivity contribution < 1.29 is 50.2 Å². The van der Waals surface area contributed by atoms with Crippen molar-refractivity contribution in [2.45, 2.75) is 55.8 Å². The van der Waals surface area contributed by atoms with E-state index in [1.165, 1.54) is 6.92 Å². The number of alkyl halides is 6. The lowest BCUT2D eigenvalue weighted by Gasteiger charge is -2.36. The van der Waals surface area contributed by atoms with Crippen molar-refractivity contribution in [2.24, 2.45) is 5.73 Å². The molecule has 8 nitrogen and oxygen atoms in total. The first-order valence-corrected chi connectivity index (χ1v) is 14.1. The zero-order valence-electron chi connectivity index (χ0n) is 24.5. The molecule has 0 radical (unpaired) electrons. The molecule has 1 saturated heterocycles. The zero-order valence-corrected chi connectivity index (χ0v) is 24.5. The molecule has 1 aliphatic rings. The van der Waals surface area contributed by atoms with Gasteiger partial charge in [-0.05, 0) is 54.7 Å². The summed E-state index contributed by atoms with van der Waals surface area (Å²) in [6.45, 7) is 0.161. The molecule has 3 aromatic rings. The van der Waals surface area contributed by atoms with E-state index in [0.29, 0.717) is 23.3 Å². The van der Waals surface area contributed by atoms with Crippen LogP contribution in [0.1, 0.15) is 53.7 Å². The summed E-state index contributed by atoms with van der Waals surface area (Å²) in [5, 5.41) is 4.61. The van der Waals surface area contributed by atoms with E-state index in [4.69, 9.17) is 15.2 Å². The van der Waals surface area contributed by atoms with Crippen molar-refractivity contribution in [3.05, 3.63) is 107 Å². The standard InChI is InChI=1S/C32H31F6N3O5/c1-20(22-14-24(31(33,34)35)16-25(15-22)32(36,37)38)46-19-29(23-10-6-3-7-11-23,27(43)45-17-21-8-4-2-5-9-21)12-13-30(18-39)26(42)40-28(44)41-30/h2-11,14-16,20H,12-13,17-19,39H2,1H3,(H2,40,41,42,44)/t20-,29?,30?/m1/s1. The van der Waals surface area contributed by atoms with Crippen molar-refractivity contribution in [1.29, 1.82) is 0 Å². The number of carbonyl (C=O) groups excluding carboxylic acids is 3. The molecule has 1 fully saturated rings. The number of ether oxygens (including phenoxy) is 2. The lowest BCUT2D eigenvalue weighted by Crippen LogP contribution is -2.55. The number of carbonyl (C=O) groups is 3. The third-order valence-corrected chi connectivity index (χ3v) is 7.93. The van der Waals surface area contributed by atoms with Gasteiger partial charge in [0, 0.05) is 6.54 Å². The number of nitrogens with two attached hydrogens (primary N) is 1. The Balaban J connectivity index is 1.74. The molecule has 0 saturated carbocycles. The van der Waals surface area contributed by atoms with Crippen LogP contribution >= 0.6 is 0 Å². The Hall–Kier alpha value is -4.43. The van der Waals surface area contributed by atoms with Crippen LogP contribution in [-0.4, -0.2) is 36.6 Å². The first-order chi connectivity index (χ1) is 21.6. The third-order valence-electron chi connectivity index (χ3n) is 7.93. The van der Waals surface area contributed by atoms with Gasteiger partial charge >= 0.3 is 24.4 Å². The molecule has 46 heavy (non-hydrogen) atoms. The molecule has 2 unspecified atom stereocenters. The molecule has 0 bridgehead atoms. The van der Waals surface area contributed by atoms with Crippen LogP contribution in [0.4, 0.5) is 31.1 Å². The van der Waals surface area contributed by atoms with Crippen molar-refractivity contribution in [3.63, 3.8) is 0 Å². The number of nitrogens with one attached hydrogen (secondary N) is 2. The normalized spacial score (nSPS) is 18.8. The Morgan fingerprint density at radius 1 is 0.870 bits per heavy atom. The smallest absolute Gasteiger partial charge is 0.416 e. The summed E-state index contributed by atoms with van der Waals surface area (Å²) in [6, 6.07) is 17.0. The molecule has 3 atom stereocenters. The minimum Gasteiger partial charge on any atom is -0.460 e. The number of imide groups is 1. The molecule has 4 N–H and O–H groups in total. The predicted molar refractivity (Wildman–Crippen MR) is 153 cm³/mol. The van der Waals surface area contributed by atoms with Gasteiger partial charge in [-0.1, -0.05) is 60.7 Å². The van der Waals surface area contributed by atoms with Crippen molar-refractivity contribution >= 4 is 17.9 Å². The molecule has 0 aliphatic carbocycles. The zero-order chi connectivity index (χ0) is 33.8. The summed E-state index contributed by atoms with van der Waals surface area (Å²) in [6.07, 6.45) is -11.9. The highest BCUT2D eigenvalue weighted by molar-refractivity contribution is 6.07. The van der Waals surface area contributed by atoms with Crippen LogP contribution in [0.25, 0.3) is 0 Å². The van der Waals surface area contributed by atoms with Crippen LogP contribution in [0.2, 0.25) is 0 Å². The third kappa shape index (κ3) is 7.68. The number of hydrogen-bond donors (Lipinski definition) is 3. The molecule has 4 rings (SSSR count). The second-order valence-corrected chi connectivity index (χ2v) is 11.0. The van der Waals surface area contributed by atoms with Crippen LogP contribution < -0.4 is 16.4 Å². The molecule has 246 valence electrons. The second-order valence-electron chi connectivity index (χ2n) is 11.0. The second kappa shape index (κ2) is 13.5. The molecule has 0 aromatic heterocycles. The van der Waals surface area contributed by atoms with Crippen molar-refractivity contribution in [2.75, 3.05) is 13.2 Å². The van der Waals surface area contributed by atoms with Crippen LogP contribution in [0.3, 0.4) is 0 Å². The Morgan fingerprint density at radius 3 is 1.93 bits per heavy atom. The maximum absolute atomic E-state index is 14.1. The SMILES string of the molecule is C[C@@H](OCC(CCC1(CN)NC(=O)NC1=O)(C(=O)OCc1ccccc1)c1ccccc1)c1cc(C(F)(F)F)cc(C(F)(F)F)c1. The van der Waals surface area contributed by atoms with Gasteiger partial charge < -0.3 is 20.5 Å². The Bertz CT molecular complexity index is 1520. The van der Waals surface area contributed by atoms with Gasteiger partial charge in [-0.3, -0.25) is 14.9 Å². The molecule has 14 heteroatoms. The summed E-state index contributed by atoms with van der Waals surface area (Å²) in [7, 11) is 0. The number of benzene rings is 3. The molecule has 1 aliphatic heterocycles. The molecular weight excluding hydrogens is 620 g/mol. The number of urea groups is 1. The minimum atomic E-state index is -5.08. The number of rotatable bonds is 12. The monoisotopic (exact) mass is 651 g/mol. The summed E-state index contributed by atoms with van der Waals surface area (Å²) in [5.74, 6) is -1.57. The van der Waals surface area contributed by atoms with E-state index in [0.717, 1.165) is 0 Å². The number of halogens is 6. The first-order valence-electron chi connectivity index (χ1n) is 14.1. The first kappa shape index (κ1) is 34.4. The summed E-state index contributed by atoms with van der Waals surface area (Å²) < 4.78 is 93.0. The number of esters is 1. The van der Waals surface area contributed by atoms with Gasteiger partial charge in [-0.25, -0.2) is 4.79 Å². The van der Waals surface area contributed by atoms with E-state index >= 15 is 0 Å². The molecule has 3 aromatic carbocycles. The van der Waals surface area contributed by atoms with Crippen LogP contribution in [0, 0.1) is 0 Å². The number of amides is 3. The van der Waals surface area contributed by atoms with Gasteiger partial charge in [0.05, 0.1) is 23.8 Å². The largest absolute Gasteiger partial charge is 0.460 e. The van der Waals surface area contributed by atoms with E-state index in [1.807, 2.05) is 0 Å². The van der Waals surface area contributed by atoms with E-state index in [-0.39, 0.29) is 32.1 Å². The average molecular weight is 652 g/mol. The Morgan fingerprint density at radius 2 is 1.43 bits per heavy atom. The average Bonchev–Trinajstić information content (AvgIpc) is 3.32. The lowest BCUT2D eigenvalue weighted by molar-refractivity contribution is -0.157. The highest BCUT2D eigenvalue weighted by atomic mass is 19.4.